The minimum atomic E-state index is -0.980. The van der Waals surface area contributed by atoms with Crippen LogP contribution >= 0.6 is 0 Å². The van der Waals surface area contributed by atoms with Crippen molar-refractivity contribution in [3.8, 4) is 11.1 Å². The van der Waals surface area contributed by atoms with Gasteiger partial charge in [0.25, 0.3) is 0 Å². The summed E-state index contributed by atoms with van der Waals surface area (Å²) < 4.78 is 0. The molecule has 0 unspecified atom stereocenters. The quantitative estimate of drug-likeness (QED) is 0.0457. The Balaban J connectivity index is 1.75. The number of aliphatic imine (C=N–C) groups is 2. The highest BCUT2D eigenvalue weighted by molar-refractivity contribution is 5.94. The van der Waals surface area contributed by atoms with Crippen LogP contribution < -0.4 is 39.7 Å². The number of nitrogens with one attached hydrogen (secondary N) is 1. The average molecular weight is 698 g/mol. The summed E-state index contributed by atoms with van der Waals surface area (Å²) in [5.41, 5.74) is 37.6. The molecule has 3 aromatic rings. The molecule has 3 rings (SSSR count). The minimum Gasteiger partial charge on any atom is -0.370 e. The Morgan fingerprint density at radius 3 is 1.63 bits per heavy atom. The Labute approximate surface area is 299 Å². The number of primary amides is 1. The summed E-state index contributed by atoms with van der Waals surface area (Å²) in [5.74, 6) is -3.51. The van der Waals surface area contributed by atoms with Crippen molar-refractivity contribution < 1.29 is 19.2 Å². The molecule has 0 aliphatic rings. The van der Waals surface area contributed by atoms with E-state index in [1.807, 2.05) is 84.9 Å². The molecular weight excluding hydrogens is 646 g/mol. The molecule has 13 N–H and O–H groups in total. The number of carbonyl (C=O) groups excluding carboxylic acids is 4. The van der Waals surface area contributed by atoms with Gasteiger partial charge in [0, 0.05) is 37.8 Å². The zero-order valence-corrected chi connectivity index (χ0v) is 29.0. The van der Waals surface area contributed by atoms with Crippen molar-refractivity contribution in [3.05, 3.63) is 96.1 Å². The third-order valence-electron chi connectivity index (χ3n) is 8.60. The summed E-state index contributed by atoms with van der Waals surface area (Å²) in [7, 11) is 0. The number of guanidine groups is 2. The van der Waals surface area contributed by atoms with E-state index in [2.05, 4.69) is 15.3 Å². The van der Waals surface area contributed by atoms with Crippen molar-refractivity contribution in [2.45, 2.75) is 63.5 Å². The van der Waals surface area contributed by atoms with Crippen LogP contribution in [0.1, 0.15) is 49.7 Å². The third-order valence-corrected chi connectivity index (χ3v) is 8.60. The van der Waals surface area contributed by atoms with Crippen LogP contribution in [0.4, 0.5) is 0 Å². The molecule has 0 aliphatic heterocycles. The first kappa shape index (κ1) is 39.9. The second-order valence-electron chi connectivity index (χ2n) is 12.7. The first-order valence-electron chi connectivity index (χ1n) is 17.1. The maximum absolute atomic E-state index is 13.9. The summed E-state index contributed by atoms with van der Waals surface area (Å²) in [6, 6.07) is 25.1. The second-order valence-corrected chi connectivity index (χ2v) is 12.7. The largest absolute Gasteiger partial charge is 0.370 e. The van der Waals surface area contributed by atoms with Crippen LogP contribution in [0.15, 0.2) is 94.9 Å². The summed E-state index contributed by atoms with van der Waals surface area (Å²) in [4.78, 5) is 61.3. The van der Waals surface area contributed by atoms with Gasteiger partial charge in [0.15, 0.2) is 23.5 Å². The number of hydrogen-bond acceptors (Lipinski definition) is 7. The summed E-state index contributed by atoms with van der Waals surface area (Å²) in [5, 5.41) is 2.88. The molecule has 0 radical (unpaired) electrons. The Hall–Kier alpha value is -5.56. The highest BCUT2D eigenvalue weighted by Gasteiger charge is 2.31. The van der Waals surface area contributed by atoms with Crippen LogP contribution in [0.3, 0.4) is 0 Å². The van der Waals surface area contributed by atoms with Crippen molar-refractivity contribution in [1.82, 2.24) is 5.32 Å². The van der Waals surface area contributed by atoms with E-state index in [0.29, 0.717) is 25.7 Å². The number of carbonyl (C=O) groups is 4. The van der Waals surface area contributed by atoms with Crippen LogP contribution in [0.25, 0.3) is 11.1 Å². The lowest BCUT2D eigenvalue weighted by molar-refractivity contribution is -0.134. The lowest BCUT2D eigenvalue weighted by Gasteiger charge is -2.24. The van der Waals surface area contributed by atoms with Crippen LogP contribution in [-0.2, 0) is 32.0 Å². The summed E-state index contributed by atoms with van der Waals surface area (Å²) >= 11 is 0. The molecule has 0 saturated carbocycles. The highest BCUT2D eigenvalue weighted by atomic mass is 16.2. The Kier molecular flexibility index (Phi) is 16.3. The molecule has 0 fully saturated rings. The predicted octanol–water partition coefficient (Wildman–Crippen LogP) is 1.69. The Bertz CT molecular complexity index is 1620. The number of nitrogens with two attached hydrogens (primary N) is 6. The number of nitrogens with zero attached hydrogens (tertiary/aromatic N) is 2. The van der Waals surface area contributed by atoms with Gasteiger partial charge in [-0.1, -0.05) is 84.9 Å². The zero-order valence-electron chi connectivity index (χ0n) is 29.0. The number of ketones is 2. The number of rotatable bonds is 22. The van der Waals surface area contributed by atoms with Gasteiger partial charge in [-0.3, -0.25) is 29.2 Å². The van der Waals surface area contributed by atoms with Gasteiger partial charge in [0.1, 0.15) is 0 Å². The van der Waals surface area contributed by atoms with Crippen molar-refractivity contribution in [2.24, 2.45) is 56.2 Å². The molecule has 13 nitrogen and oxygen atoms in total. The number of benzene rings is 3. The van der Waals surface area contributed by atoms with Crippen LogP contribution in [0, 0.1) is 11.8 Å². The van der Waals surface area contributed by atoms with Gasteiger partial charge in [-0.2, -0.15) is 0 Å². The number of hydrogen-bond donors (Lipinski definition) is 7. The molecule has 272 valence electrons. The van der Waals surface area contributed by atoms with Gasteiger partial charge < -0.3 is 39.7 Å². The van der Waals surface area contributed by atoms with E-state index in [0.717, 1.165) is 22.3 Å². The Morgan fingerprint density at radius 1 is 0.588 bits per heavy atom. The van der Waals surface area contributed by atoms with E-state index in [4.69, 9.17) is 34.4 Å². The molecule has 2 amide bonds. The first-order valence-corrected chi connectivity index (χ1v) is 17.1. The lowest BCUT2D eigenvalue weighted by Crippen LogP contribution is -2.47. The maximum atomic E-state index is 13.9. The molecule has 0 spiro atoms. The van der Waals surface area contributed by atoms with Crippen molar-refractivity contribution in [3.63, 3.8) is 0 Å². The summed E-state index contributed by atoms with van der Waals surface area (Å²) in [6.07, 6.45) is 1.56. The first-order chi connectivity index (χ1) is 24.4. The second kappa shape index (κ2) is 20.8. The maximum Gasteiger partial charge on any atom is 0.224 e. The molecule has 0 aliphatic carbocycles. The van der Waals surface area contributed by atoms with Gasteiger partial charge in [-0.15, -0.1) is 0 Å². The van der Waals surface area contributed by atoms with Crippen LogP contribution in [-0.4, -0.2) is 60.5 Å². The van der Waals surface area contributed by atoms with E-state index >= 15 is 0 Å². The van der Waals surface area contributed by atoms with E-state index < -0.39 is 35.7 Å². The molecular formula is C38H51N9O4. The van der Waals surface area contributed by atoms with Crippen LogP contribution in [0.5, 0.6) is 0 Å². The van der Waals surface area contributed by atoms with Crippen LogP contribution in [0.2, 0.25) is 0 Å². The topological polar surface area (TPSA) is 261 Å². The van der Waals surface area contributed by atoms with E-state index in [-0.39, 0.29) is 62.3 Å². The molecule has 0 saturated heterocycles. The summed E-state index contributed by atoms with van der Waals surface area (Å²) in [6.45, 7) is 0.536. The van der Waals surface area contributed by atoms with E-state index in [1.165, 1.54) is 0 Å². The van der Waals surface area contributed by atoms with Crippen molar-refractivity contribution in [1.29, 1.82) is 0 Å². The van der Waals surface area contributed by atoms with Gasteiger partial charge in [0.2, 0.25) is 11.8 Å². The van der Waals surface area contributed by atoms with E-state index in [9.17, 15) is 19.2 Å². The molecule has 51 heavy (non-hydrogen) atoms. The van der Waals surface area contributed by atoms with E-state index in [1.54, 1.807) is 0 Å². The molecule has 13 heteroatoms. The molecule has 0 bridgehead atoms. The minimum absolute atomic E-state index is 0.0721. The molecule has 0 heterocycles. The van der Waals surface area contributed by atoms with Gasteiger partial charge in [-0.25, -0.2) is 0 Å². The number of Topliss-reactive ketones (excluding diaryl/α,β-unsaturated/α-hetero) is 2. The number of amides is 2. The third kappa shape index (κ3) is 14.4. The monoisotopic (exact) mass is 697 g/mol. The fourth-order valence-electron chi connectivity index (χ4n) is 5.76. The average Bonchev–Trinajstić information content (AvgIpc) is 3.11. The van der Waals surface area contributed by atoms with Crippen molar-refractivity contribution in [2.75, 3.05) is 13.1 Å². The standard InChI is InChI=1S/C38H51N9O4/c39-31(21-26-15-17-28(18-16-26)27-11-5-2-6-12-27)33(48)24-30(14-8-20-46-38(43)44)36(51)47-32(22-25-9-3-1-4-10-25)34(49)23-29(35(40)50)13-7-19-45-37(41)42/h1-6,9-12,15-18,29-32H,7-8,13-14,19-24,39H2,(H2,40,50)(H,47,51)(H4,41,42,45)(H4,43,44,46)/t29-,30-,31+,32+/m1/s1. The molecule has 0 aromatic heterocycles. The fourth-order valence-corrected chi connectivity index (χ4v) is 5.76. The predicted molar refractivity (Wildman–Crippen MR) is 201 cm³/mol. The van der Waals surface area contributed by atoms with Gasteiger partial charge >= 0.3 is 0 Å². The fraction of sp³-hybridized carbons (Fsp3) is 0.368. The molecule has 3 aromatic carbocycles. The smallest absolute Gasteiger partial charge is 0.224 e. The zero-order chi connectivity index (χ0) is 37.2. The SMILES string of the molecule is NC(=O)[C@H](CCCN=C(N)N)CC(=O)[C@H](Cc1ccccc1)NC(=O)[C@H](CCCN=C(N)N)CC(=O)[C@@H](N)Cc1ccc(-c2ccccc2)cc1. The lowest BCUT2D eigenvalue weighted by atomic mass is 9.89. The normalized spacial score (nSPS) is 13.2. The van der Waals surface area contributed by atoms with Crippen molar-refractivity contribution >= 4 is 35.3 Å². The Morgan fingerprint density at radius 2 is 1.08 bits per heavy atom. The van der Waals surface area contributed by atoms with Gasteiger partial charge in [0.05, 0.1) is 12.1 Å². The van der Waals surface area contributed by atoms with Gasteiger partial charge in [-0.05, 0) is 60.8 Å². The highest BCUT2D eigenvalue weighted by Crippen LogP contribution is 2.21. The molecule has 4 atom stereocenters.